The van der Waals surface area contributed by atoms with Crippen LogP contribution in [0.5, 0.6) is 0 Å². The normalized spacial score (nSPS) is 12.1. The maximum absolute atomic E-state index is 11.1. The van der Waals surface area contributed by atoms with Crippen molar-refractivity contribution >= 4 is 11.8 Å². The molecular weight excluding hydrogens is 192 g/mol. The Hall–Kier alpha value is -1.84. The molecule has 4 heteroatoms. The molecule has 4 nitrogen and oxygen atoms in total. The first kappa shape index (κ1) is 11.2. The summed E-state index contributed by atoms with van der Waals surface area (Å²) in [5.41, 5.74) is 11.5. The molecule has 0 aliphatic rings. The van der Waals surface area contributed by atoms with Crippen LogP contribution in [-0.2, 0) is 4.79 Å². The number of hydrogen-bond donors (Lipinski definition) is 2. The largest absolute Gasteiger partial charge is 0.370 e. The van der Waals surface area contributed by atoms with Crippen molar-refractivity contribution in [3.05, 3.63) is 35.4 Å². The highest BCUT2D eigenvalue weighted by Gasteiger charge is 2.15. The van der Waals surface area contributed by atoms with Gasteiger partial charge < -0.3 is 11.5 Å². The summed E-state index contributed by atoms with van der Waals surface area (Å²) in [6.45, 7) is 1.84. The molecule has 80 valence electrons. The van der Waals surface area contributed by atoms with Crippen LogP contribution in [0.2, 0.25) is 0 Å². The molecular formula is C11H14N2O2. The third-order valence-corrected chi connectivity index (χ3v) is 2.26. The number of benzene rings is 1. The second-order valence-corrected chi connectivity index (χ2v) is 3.52. The summed E-state index contributed by atoms with van der Waals surface area (Å²) in [6.07, 6.45) is 0.213. The number of carbonyl (C=O) groups excluding carboxylic acids is 2. The minimum Gasteiger partial charge on any atom is -0.370 e. The monoisotopic (exact) mass is 206 g/mol. The standard InChI is InChI=1S/C11H14N2O2/c1-7(6-10(12)14)8-4-2-3-5-9(8)11(13)15/h2-5,7H,6H2,1H3,(H2,12,14)(H2,13,15)/t7-/m0/s1. The Labute approximate surface area is 88.3 Å². The van der Waals surface area contributed by atoms with Crippen molar-refractivity contribution in [3.8, 4) is 0 Å². The zero-order valence-corrected chi connectivity index (χ0v) is 8.57. The summed E-state index contributed by atoms with van der Waals surface area (Å²) < 4.78 is 0. The van der Waals surface area contributed by atoms with E-state index in [0.29, 0.717) is 5.56 Å². The highest BCUT2D eigenvalue weighted by Crippen LogP contribution is 2.22. The van der Waals surface area contributed by atoms with Gasteiger partial charge in [0.25, 0.3) is 0 Å². The second kappa shape index (κ2) is 4.59. The van der Waals surface area contributed by atoms with Crippen molar-refractivity contribution in [2.45, 2.75) is 19.3 Å². The quantitative estimate of drug-likeness (QED) is 0.762. The lowest BCUT2D eigenvalue weighted by Crippen LogP contribution is -2.18. The minimum absolute atomic E-state index is 0.0915. The lowest BCUT2D eigenvalue weighted by molar-refractivity contribution is -0.118. The van der Waals surface area contributed by atoms with E-state index in [0.717, 1.165) is 5.56 Å². The maximum Gasteiger partial charge on any atom is 0.248 e. The molecule has 1 aromatic rings. The van der Waals surface area contributed by atoms with Crippen LogP contribution in [0.25, 0.3) is 0 Å². The first-order chi connectivity index (χ1) is 7.02. The Morgan fingerprint density at radius 2 is 1.87 bits per heavy atom. The Morgan fingerprint density at radius 1 is 1.27 bits per heavy atom. The number of nitrogens with two attached hydrogens (primary N) is 2. The van der Waals surface area contributed by atoms with Gasteiger partial charge in [-0.3, -0.25) is 9.59 Å². The van der Waals surface area contributed by atoms with Crippen molar-refractivity contribution in [2.75, 3.05) is 0 Å². The third kappa shape index (κ3) is 2.80. The summed E-state index contributed by atoms with van der Waals surface area (Å²) in [4.78, 5) is 21.9. The van der Waals surface area contributed by atoms with E-state index in [1.54, 1.807) is 24.3 Å². The zero-order chi connectivity index (χ0) is 11.4. The highest BCUT2D eigenvalue weighted by atomic mass is 16.1. The van der Waals surface area contributed by atoms with Gasteiger partial charge in [0.2, 0.25) is 11.8 Å². The minimum atomic E-state index is -0.484. The number of carbonyl (C=O) groups is 2. The molecule has 2 amide bonds. The predicted molar refractivity (Wildman–Crippen MR) is 57.2 cm³/mol. The van der Waals surface area contributed by atoms with Crippen LogP contribution < -0.4 is 11.5 Å². The molecule has 0 saturated heterocycles. The van der Waals surface area contributed by atoms with Crippen LogP contribution in [0.15, 0.2) is 24.3 Å². The molecule has 1 rings (SSSR count). The summed E-state index contributed by atoms with van der Waals surface area (Å²) in [5.74, 6) is -0.963. The molecule has 0 bridgehead atoms. The molecule has 0 radical (unpaired) electrons. The van der Waals surface area contributed by atoms with Gasteiger partial charge in [0.1, 0.15) is 0 Å². The molecule has 0 aliphatic carbocycles. The van der Waals surface area contributed by atoms with E-state index in [9.17, 15) is 9.59 Å². The summed E-state index contributed by atoms with van der Waals surface area (Å²) in [5, 5.41) is 0. The molecule has 0 fully saturated rings. The van der Waals surface area contributed by atoms with Gasteiger partial charge in [-0.25, -0.2) is 0 Å². The molecule has 4 N–H and O–H groups in total. The maximum atomic E-state index is 11.1. The molecule has 0 aromatic heterocycles. The zero-order valence-electron chi connectivity index (χ0n) is 8.57. The second-order valence-electron chi connectivity index (χ2n) is 3.52. The van der Waals surface area contributed by atoms with Crippen LogP contribution in [-0.4, -0.2) is 11.8 Å². The Bertz CT molecular complexity index is 388. The van der Waals surface area contributed by atoms with Crippen molar-refractivity contribution in [1.29, 1.82) is 0 Å². The van der Waals surface area contributed by atoms with Crippen molar-refractivity contribution < 1.29 is 9.59 Å². The fourth-order valence-electron chi connectivity index (χ4n) is 1.56. The lowest BCUT2D eigenvalue weighted by Gasteiger charge is -2.12. The first-order valence-electron chi connectivity index (χ1n) is 4.69. The van der Waals surface area contributed by atoms with E-state index >= 15 is 0 Å². The van der Waals surface area contributed by atoms with E-state index < -0.39 is 5.91 Å². The van der Waals surface area contributed by atoms with Gasteiger partial charge in [0.05, 0.1) is 0 Å². The Kier molecular flexibility index (Phi) is 3.44. The van der Waals surface area contributed by atoms with E-state index in [4.69, 9.17) is 11.5 Å². The average Bonchev–Trinajstić information content (AvgIpc) is 2.16. The van der Waals surface area contributed by atoms with Crippen molar-refractivity contribution in [2.24, 2.45) is 11.5 Å². The van der Waals surface area contributed by atoms with Crippen LogP contribution >= 0.6 is 0 Å². The Morgan fingerprint density at radius 3 is 2.40 bits per heavy atom. The topological polar surface area (TPSA) is 86.2 Å². The molecule has 1 atom stereocenters. The lowest BCUT2D eigenvalue weighted by atomic mass is 9.92. The van der Waals surface area contributed by atoms with Crippen molar-refractivity contribution in [3.63, 3.8) is 0 Å². The van der Waals surface area contributed by atoms with Gasteiger partial charge in [0.15, 0.2) is 0 Å². The third-order valence-electron chi connectivity index (χ3n) is 2.26. The number of hydrogen-bond acceptors (Lipinski definition) is 2. The van der Waals surface area contributed by atoms with Crippen molar-refractivity contribution in [1.82, 2.24) is 0 Å². The van der Waals surface area contributed by atoms with Gasteiger partial charge >= 0.3 is 0 Å². The molecule has 15 heavy (non-hydrogen) atoms. The van der Waals surface area contributed by atoms with E-state index in [1.807, 2.05) is 6.92 Å². The molecule has 1 aromatic carbocycles. The fourth-order valence-corrected chi connectivity index (χ4v) is 1.56. The number of amides is 2. The molecule has 0 saturated carbocycles. The first-order valence-corrected chi connectivity index (χ1v) is 4.69. The van der Waals surface area contributed by atoms with E-state index in [2.05, 4.69) is 0 Å². The molecule has 0 spiro atoms. The van der Waals surface area contributed by atoms with Crippen LogP contribution in [0.3, 0.4) is 0 Å². The van der Waals surface area contributed by atoms with Crippen LogP contribution in [0.1, 0.15) is 35.2 Å². The van der Waals surface area contributed by atoms with E-state index in [1.165, 1.54) is 0 Å². The van der Waals surface area contributed by atoms with Crippen LogP contribution in [0, 0.1) is 0 Å². The summed E-state index contributed by atoms with van der Waals surface area (Å²) in [7, 11) is 0. The molecule has 0 unspecified atom stereocenters. The predicted octanol–water partition coefficient (Wildman–Crippen LogP) is 0.764. The smallest absolute Gasteiger partial charge is 0.248 e. The average molecular weight is 206 g/mol. The highest BCUT2D eigenvalue weighted by molar-refractivity contribution is 5.94. The fraction of sp³-hybridized carbons (Fsp3) is 0.273. The van der Waals surface area contributed by atoms with Gasteiger partial charge in [0, 0.05) is 12.0 Å². The van der Waals surface area contributed by atoms with Crippen LogP contribution in [0.4, 0.5) is 0 Å². The SMILES string of the molecule is C[C@@H](CC(N)=O)c1ccccc1C(N)=O. The van der Waals surface area contributed by atoms with Gasteiger partial charge in [-0.1, -0.05) is 25.1 Å². The molecule has 0 heterocycles. The van der Waals surface area contributed by atoms with E-state index in [-0.39, 0.29) is 18.2 Å². The summed E-state index contributed by atoms with van der Waals surface area (Å²) in [6, 6.07) is 6.97. The number of primary amides is 2. The van der Waals surface area contributed by atoms with Gasteiger partial charge in [-0.2, -0.15) is 0 Å². The molecule has 0 aliphatic heterocycles. The summed E-state index contributed by atoms with van der Waals surface area (Å²) >= 11 is 0. The number of rotatable bonds is 4. The van der Waals surface area contributed by atoms with Gasteiger partial charge in [-0.05, 0) is 17.5 Å². The van der Waals surface area contributed by atoms with Gasteiger partial charge in [-0.15, -0.1) is 0 Å². The Balaban J connectivity index is 3.02.